The molecule has 1 nitrogen and oxygen atoms in total. The van der Waals surface area contributed by atoms with Crippen LogP contribution in [0.1, 0.15) is 38.0 Å². The first-order valence-electron chi connectivity index (χ1n) is 4.49. The molecular weight excluding hydrogens is 166 g/mol. The average Bonchev–Trinajstić information content (AvgIpc) is 2.38. The van der Waals surface area contributed by atoms with Crippen LogP contribution in [-0.2, 0) is 0 Å². The Labute approximate surface area is 78.6 Å². The van der Waals surface area contributed by atoms with Gasteiger partial charge in [-0.3, -0.25) is 0 Å². The van der Waals surface area contributed by atoms with E-state index in [4.69, 9.17) is 5.73 Å². The second kappa shape index (κ2) is 3.94. The van der Waals surface area contributed by atoms with Crippen LogP contribution in [0, 0.1) is 5.92 Å². The van der Waals surface area contributed by atoms with Gasteiger partial charge in [-0.25, -0.2) is 0 Å². The van der Waals surface area contributed by atoms with E-state index in [2.05, 4.69) is 26.2 Å². The zero-order valence-corrected chi connectivity index (χ0v) is 8.82. The molecule has 2 heteroatoms. The van der Waals surface area contributed by atoms with Crippen molar-refractivity contribution in [3.8, 4) is 0 Å². The van der Waals surface area contributed by atoms with Gasteiger partial charge in [0.1, 0.15) is 0 Å². The zero-order chi connectivity index (χ0) is 9.14. The van der Waals surface area contributed by atoms with E-state index in [1.54, 1.807) is 11.3 Å². The van der Waals surface area contributed by atoms with Gasteiger partial charge in [0.15, 0.2) is 0 Å². The summed E-state index contributed by atoms with van der Waals surface area (Å²) in [6.45, 7) is 6.74. The van der Waals surface area contributed by atoms with E-state index in [-0.39, 0.29) is 0 Å². The topological polar surface area (TPSA) is 26.0 Å². The fourth-order valence-electron chi connectivity index (χ4n) is 1.59. The molecule has 1 aromatic rings. The standard InChI is InChI=1S/C10H17NS/c1-4-8(7(2)3)10-9(11)5-6-12-10/h5-8H,4,11H2,1-3H3/t8-/m0/s1. The van der Waals surface area contributed by atoms with Crippen LogP contribution in [0.15, 0.2) is 11.4 Å². The molecule has 0 saturated heterocycles. The van der Waals surface area contributed by atoms with Gasteiger partial charge in [0.2, 0.25) is 0 Å². The van der Waals surface area contributed by atoms with Crippen LogP contribution >= 0.6 is 11.3 Å². The van der Waals surface area contributed by atoms with Crippen LogP contribution in [0.2, 0.25) is 0 Å². The van der Waals surface area contributed by atoms with Gasteiger partial charge in [0.25, 0.3) is 0 Å². The molecule has 1 atom stereocenters. The van der Waals surface area contributed by atoms with Crippen LogP contribution < -0.4 is 5.73 Å². The molecule has 0 fully saturated rings. The summed E-state index contributed by atoms with van der Waals surface area (Å²) in [5, 5.41) is 2.08. The number of nitrogen functional groups attached to an aromatic ring is 1. The minimum atomic E-state index is 0.644. The predicted octanol–water partition coefficient (Wildman–Crippen LogP) is 3.48. The molecule has 0 aromatic carbocycles. The molecule has 0 aliphatic rings. The van der Waals surface area contributed by atoms with Crippen molar-refractivity contribution in [2.75, 3.05) is 5.73 Å². The van der Waals surface area contributed by atoms with Crippen molar-refractivity contribution in [1.82, 2.24) is 0 Å². The Morgan fingerprint density at radius 2 is 2.17 bits per heavy atom. The number of rotatable bonds is 3. The third-order valence-electron chi connectivity index (χ3n) is 2.31. The maximum absolute atomic E-state index is 5.87. The highest BCUT2D eigenvalue weighted by atomic mass is 32.1. The van der Waals surface area contributed by atoms with Crippen molar-refractivity contribution in [2.45, 2.75) is 33.1 Å². The molecule has 0 bridgehead atoms. The molecule has 1 rings (SSSR count). The number of anilines is 1. The van der Waals surface area contributed by atoms with E-state index in [1.807, 2.05) is 6.07 Å². The Morgan fingerprint density at radius 3 is 2.50 bits per heavy atom. The first kappa shape index (κ1) is 9.59. The van der Waals surface area contributed by atoms with Crippen LogP contribution in [0.25, 0.3) is 0 Å². The lowest BCUT2D eigenvalue weighted by molar-refractivity contribution is 0.493. The van der Waals surface area contributed by atoms with Gasteiger partial charge in [-0.1, -0.05) is 20.8 Å². The Balaban J connectivity index is 2.87. The largest absolute Gasteiger partial charge is 0.398 e. The summed E-state index contributed by atoms with van der Waals surface area (Å²) in [5.74, 6) is 1.33. The molecule has 0 radical (unpaired) electrons. The molecule has 12 heavy (non-hydrogen) atoms. The highest BCUT2D eigenvalue weighted by Crippen LogP contribution is 2.35. The van der Waals surface area contributed by atoms with E-state index in [0.717, 1.165) is 5.69 Å². The van der Waals surface area contributed by atoms with Crippen molar-refractivity contribution < 1.29 is 0 Å². The lowest BCUT2D eigenvalue weighted by Crippen LogP contribution is -2.05. The van der Waals surface area contributed by atoms with Gasteiger partial charge < -0.3 is 5.73 Å². The Kier molecular flexibility index (Phi) is 3.15. The van der Waals surface area contributed by atoms with E-state index in [0.29, 0.717) is 11.8 Å². The molecule has 0 unspecified atom stereocenters. The summed E-state index contributed by atoms with van der Waals surface area (Å²) in [5.41, 5.74) is 6.84. The minimum absolute atomic E-state index is 0.644. The third kappa shape index (κ3) is 1.81. The number of thiophene rings is 1. The average molecular weight is 183 g/mol. The lowest BCUT2D eigenvalue weighted by atomic mass is 9.91. The molecule has 0 aliphatic heterocycles. The van der Waals surface area contributed by atoms with Crippen LogP contribution in [0.5, 0.6) is 0 Å². The second-order valence-corrected chi connectivity index (χ2v) is 4.45. The predicted molar refractivity (Wildman–Crippen MR) is 56.6 cm³/mol. The van der Waals surface area contributed by atoms with Gasteiger partial charge in [0.05, 0.1) is 0 Å². The summed E-state index contributed by atoms with van der Waals surface area (Å²) >= 11 is 1.79. The van der Waals surface area contributed by atoms with Gasteiger partial charge in [-0.2, -0.15) is 0 Å². The molecule has 2 N–H and O–H groups in total. The van der Waals surface area contributed by atoms with Crippen molar-refractivity contribution in [2.24, 2.45) is 5.92 Å². The SMILES string of the molecule is CC[C@H](c1sccc1N)C(C)C. The van der Waals surface area contributed by atoms with Crippen LogP contribution in [0.3, 0.4) is 0 Å². The first-order valence-corrected chi connectivity index (χ1v) is 5.37. The summed E-state index contributed by atoms with van der Waals surface area (Å²) in [6.07, 6.45) is 1.18. The summed E-state index contributed by atoms with van der Waals surface area (Å²) < 4.78 is 0. The van der Waals surface area contributed by atoms with Crippen molar-refractivity contribution in [3.63, 3.8) is 0 Å². The van der Waals surface area contributed by atoms with Crippen LogP contribution in [-0.4, -0.2) is 0 Å². The molecular formula is C10H17NS. The molecule has 0 saturated carbocycles. The van der Waals surface area contributed by atoms with Gasteiger partial charge in [-0.05, 0) is 29.7 Å². The number of nitrogens with two attached hydrogens (primary N) is 1. The monoisotopic (exact) mass is 183 g/mol. The van der Waals surface area contributed by atoms with Gasteiger partial charge in [-0.15, -0.1) is 11.3 Å². The Bertz CT molecular complexity index is 240. The smallest absolute Gasteiger partial charge is 0.0458 e. The fourth-order valence-corrected chi connectivity index (χ4v) is 2.77. The number of hydrogen-bond donors (Lipinski definition) is 1. The van der Waals surface area contributed by atoms with Gasteiger partial charge in [0, 0.05) is 10.6 Å². The Morgan fingerprint density at radius 1 is 1.50 bits per heavy atom. The molecule has 1 aromatic heterocycles. The number of hydrogen-bond acceptors (Lipinski definition) is 2. The molecule has 0 spiro atoms. The minimum Gasteiger partial charge on any atom is -0.398 e. The maximum Gasteiger partial charge on any atom is 0.0458 e. The fraction of sp³-hybridized carbons (Fsp3) is 0.600. The van der Waals surface area contributed by atoms with Crippen molar-refractivity contribution in [1.29, 1.82) is 0 Å². The first-order chi connectivity index (χ1) is 5.66. The summed E-state index contributed by atoms with van der Waals surface area (Å²) in [7, 11) is 0. The Hall–Kier alpha value is -0.500. The zero-order valence-electron chi connectivity index (χ0n) is 8.00. The van der Waals surface area contributed by atoms with E-state index in [9.17, 15) is 0 Å². The summed E-state index contributed by atoms with van der Waals surface area (Å²) in [6, 6.07) is 2.00. The lowest BCUT2D eigenvalue weighted by Gasteiger charge is -2.17. The summed E-state index contributed by atoms with van der Waals surface area (Å²) in [4.78, 5) is 1.37. The molecule has 68 valence electrons. The second-order valence-electron chi connectivity index (χ2n) is 3.50. The highest BCUT2D eigenvalue weighted by Gasteiger charge is 2.16. The normalized spacial score (nSPS) is 13.7. The highest BCUT2D eigenvalue weighted by molar-refractivity contribution is 7.10. The van der Waals surface area contributed by atoms with Crippen molar-refractivity contribution >= 4 is 17.0 Å². The molecule has 1 heterocycles. The third-order valence-corrected chi connectivity index (χ3v) is 3.37. The quantitative estimate of drug-likeness (QED) is 0.762. The van der Waals surface area contributed by atoms with Crippen LogP contribution in [0.4, 0.5) is 5.69 Å². The molecule has 0 aliphatic carbocycles. The van der Waals surface area contributed by atoms with Crippen molar-refractivity contribution in [3.05, 3.63) is 16.3 Å². The molecule has 0 amide bonds. The van der Waals surface area contributed by atoms with E-state index < -0.39 is 0 Å². The van der Waals surface area contributed by atoms with Gasteiger partial charge >= 0.3 is 0 Å². The van der Waals surface area contributed by atoms with E-state index in [1.165, 1.54) is 11.3 Å². The van der Waals surface area contributed by atoms with E-state index >= 15 is 0 Å². The maximum atomic E-state index is 5.87.